The average Bonchev–Trinajstić information content (AvgIpc) is 2.59. The fourth-order valence-electron chi connectivity index (χ4n) is 2.67. The van der Waals surface area contributed by atoms with Crippen molar-refractivity contribution in [1.29, 1.82) is 0 Å². The van der Waals surface area contributed by atoms with Gasteiger partial charge >= 0.3 is 0 Å². The molecule has 2 nitrogen and oxygen atoms in total. The zero-order valence-corrected chi connectivity index (χ0v) is 16.0. The van der Waals surface area contributed by atoms with Crippen LogP contribution < -0.4 is 0 Å². The molecule has 0 atom stereocenters. The van der Waals surface area contributed by atoms with E-state index in [0.717, 1.165) is 31.5 Å². The van der Waals surface area contributed by atoms with Gasteiger partial charge < -0.3 is 4.90 Å². The Morgan fingerprint density at radius 2 is 1.54 bits per heavy atom. The highest BCUT2D eigenvalue weighted by molar-refractivity contribution is 6.32. The van der Waals surface area contributed by atoms with Crippen molar-refractivity contribution in [2.45, 2.75) is 65.2 Å². The van der Waals surface area contributed by atoms with Gasteiger partial charge in [0, 0.05) is 24.2 Å². The number of hydrogen-bond donors (Lipinski definition) is 0. The predicted molar refractivity (Wildman–Crippen MR) is 105 cm³/mol. The Balaban J connectivity index is 2.58. The van der Waals surface area contributed by atoms with Crippen LogP contribution in [0.1, 0.15) is 70.8 Å². The van der Waals surface area contributed by atoms with Crippen LogP contribution in [0.3, 0.4) is 0 Å². The minimum absolute atomic E-state index is 0.0999. The standard InChI is InChI=1S/C21H32ClNO/c1-3-5-7-11-17-23(18-12-8-6-4-2)21(24)16-15-19-13-9-10-14-20(19)22/h9-10,13-16H,3-8,11-12,17-18H2,1-2H3. The Morgan fingerprint density at radius 1 is 0.958 bits per heavy atom. The highest BCUT2D eigenvalue weighted by Crippen LogP contribution is 2.16. The summed E-state index contributed by atoms with van der Waals surface area (Å²) >= 11 is 6.15. The number of halogens is 1. The van der Waals surface area contributed by atoms with E-state index in [1.54, 1.807) is 6.08 Å². The molecule has 1 rings (SSSR count). The smallest absolute Gasteiger partial charge is 0.246 e. The normalized spacial score (nSPS) is 11.1. The Hall–Kier alpha value is -1.28. The van der Waals surface area contributed by atoms with Gasteiger partial charge in [0.05, 0.1) is 0 Å². The number of rotatable bonds is 12. The molecule has 1 aromatic carbocycles. The number of carbonyl (C=O) groups is 1. The van der Waals surface area contributed by atoms with E-state index in [1.165, 1.54) is 38.5 Å². The molecule has 0 unspecified atom stereocenters. The lowest BCUT2D eigenvalue weighted by molar-refractivity contribution is -0.126. The highest BCUT2D eigenvalue weighted by Gasteiger charge is 2.10. The van der Waals surface area contributed by atoms with Crippen LogP contribution in [0.2, 0.25) is 5.02 Å². The van der Waals surface area contributed by atoms with Gasteiger partial charge in [0.25, 0.3) is 0 Å². The number of unbranched alkanes of at least 4 members (excludes halogenated alkanes) is 6. The van der Waals surface area contributed by atoms with Crippen LogP contribution in [0.5, 0.6) is 0 Å². The molecule has 0 heterocycles. The Bertz CT molecular complexity index is 486. The number of benzene rings is 1. The Kier molecular flexibility index (Phi) is 11.3. The molecule has 0 saturated heterocycles. The van der Waals surface area contributed by atoms with Crippen molar-refractivity contribution in [3.05, 3.63) is 40.9 Å². The topological polar surface area (TPSA) is 20.3 Å². The number of carbonyl (C=O) groups excluding carboxylic acids is 1. The van der Waals surface area contributed by atoms with Gasteiger partial charge in [-0.25, -0.2) is 0 Å². The third-order valence-electron chi connectivity index (χ3n) is 4.19. The quantitative estimate of drug-likeness (QED) is 0.318. The van der Waals surface area contributed by atoms with Crippen LogP contribution in [0.25, 0.3) is 6.08 Å². The van der Waals surface area contributed by atoms with Crippen LogP contribution >= 0.6 is 11.6 Å². The van der Waals surface area contributed by atoms with E-state index < -0.39 is 0 Å². The largest absolute Gasteiger partial charge is 0.339 e. The predicted octanol–water partition coefficient (Wildman–Crippen LogP) is 6.34. The van der Waals surface area contributed by atoms with Gasteiger partial charge in [0.15, 0.2) is 0 Å². The molecule has 24 heavy (non-hydrogen) atoms. The molecule has 0 radical (unpaired) electrons. The summed E-state index contributed by atoms with van der Waals surface area (Å²) in [4.78, 5) is 14.6. The maximum absolute atomic E-state index is 12.6. The second kappa shape index (κ2) is 13.1. The highest BCUT2D eigenvalue weighted by atomic mass is 35.5. The molecular weight excluding hydrogens is 318 g/mol. The second-order valence-corrected chi connectivity index (χ2v) is 6.71. The summed E-state index contributed by atoms with van der Waals surface area (Å²) in [7, 11) is 0. The van der Waals surface area contributed by atoms with Gasteiger partial charge in [-0.05, 0) is 30.5 Å². The molecular formula is C21H32ClNO. The minimum Gasteiger partial charge on any atom is -0.339 e. The van der Waals surface area contributed by atoms with E-state index in [9.17, 15) is 4.79 Å². The van der Waals surface area contributed by atoms with Crippen LogP contribution in [0.4, 0.5) is 0 Å². The van der Waals surface area contributed by atoms with E-state index in [4.69, 9.17) is 11.6 Å². The molecule has 134 valence electrons. The van der Waals surface area contributed by atoms with Crippen LogP contribution in [0, 0.1) is 0 Å². The second-order valence-electron chi connectivity index (χ2n) is 6.30. The molecule has 0 aliphatic rings. The summed E-state index contributed by atoms with van der Waals surface area (Å²) in [5.74, 6) is 0.0999. The summed E-state index contributed by atoms with van der Waals surface area (Å²) in [6.07, 6.45) is 13.0. The van der Waals surface area contributed by atoms with Gasteiger partial charge in [-0.3, -0.25) is 4.79 Å². The van der Waals surface area contributed by atoms with Gasteiger partial charge in [0.1, 0.15) is 0 Å². The zero-order valence-electron chi connectivity index (χ0n) is 15.3. The summed E-state index contributed by atoms with van der Waals surface area (Å²) in [5, 5.41) is 0.680. The molecule has 0 N–H and O–H groups in total. The number of nitrogens with zero attached hydrogens (tertiary/aromatic N) is 1. The van der Waals surface area contributed by atoms with E-state index in [2.05, 4.69) is 13.8 Å². The van der Waals surface area contributed by atoms with E-state index >= 15 is 0 Å². The first-order valence-corrected chi connectivity index (χ1v) is 9.78. The Labute approximate surface area is 152 Å². The van der Waals surface area contributed by atoms with Gasteiger partial charge in [-0.1, -0.05) is 82.2 Å². The van der Waals surface area contributed by atoms with Crippen molar-refractivity contribution in [3.8, 4) is 0 Å². The molecule has 0 spiro atoms. The fourth-order valence-corrected chi connectivity index (χ4v) is 2.87. The van der Waals surface area contributed by atoms with E-state index in [-0.39, 0.29) is 5.91 Å². The van der Waals surface area contributed by atoms with E-state index in [0.29, 0.717) is 5.02 Å². The SMILES string of the molecule is CCCCCCN(CCCCCC)C(=O)C=Cc1ccccc1Cl. The maximum atomic E-state index is 12.6. The third kappa shape index (κ3) is 8.54. The first-order valence-electron chi connectivity index (χ1n) is 9.40. The lowest BCUT2D eigenvalue weighted by atomic mass is 10.1. The van der Waals surface area contributed by atoms with Gasteiger partial charge in [-0.2, -0.15) is 0 Å². The lowest BCUT2D eigenvalue weighted by Crippen LogP contribution is -2.31. The van der Waals surface area contributed by atoms with Crippen molar-refractivity contribution in [3.63, 3.8) is 0 Å². The molecule has 0 saturated carbocycles. The van der Waals surface area contributed by atoms with Crippen LogP contribution in [-0.2, 0) is 4.79 Å². The van der Waals surface area contributed by atoms with Crippen molar-refractivity contribution in [2.24, 2.45) is 0 Å². The summed E-state index contributed by atoms with van der Waals surface area (Å²) in [6, 6.07) is 7.61. The van der Waals surface area contributed by atoms with E-state index in [1.807, 2.05) is 35.2 Å². The molecule has 1 amide bonds. The van der Waals surface area contributed by atoms with Gasteiger partial charge in [0.2, 0.25) is 5.91 Å². The molecule has 0 aromatic heterocycles. The van der Waals surface area contributed by atoms with Crippen molar-refractivity contribution in [2.75, 3.05) is 13.1 Å². The minimum atomic E-state index is 0.0999. The summed E-state index contributed by atoms with van der Waals surface area (Å²) in [5.41, 5.74) is 0.893. The molecule has 1 aromatic rings. The maximum Gasteiger partial charge on any atom is 0.246 e. The number of amides is 1. The fraction of sp³-hybridized carbons (Fsp3) is 0.571. The molecule has 0 aliphatic carbocycles. The first kappa shape index (κ1) is 20.8. The van der Waals surface area contributed by atoms with Crippen molar-refractivity contribution in [1.82, 2.24) is 4.90 Å². The summed E-state index contributed by atoms with van der Waals surface area (Å²) in [6.45, 7) is 6.13. The molecule has 0 fully saturated rings. The van der Waals surface area contributed by atoms with Gasteiger partial charge in [-0.15, -0.1) is 0 Å². The Morgan fingerprint density at radius 3 is 2.08 bits per heavy atom. The summed E-state index contributed by atoms with van der Waals surface area (Å²) < 4.78 is 0. The third-order valence-corrected chi connectivity index (χ3v) is 4.53. The molecule has 0 bridgehead atoms. The van der Waals surface area contributed by atoms with Crippen molar-refractivity contribution < 1.29 is 4.79 Å². The van der Waals surface area contributed by atoms with Crippen LogP contribution in [-0.4, -0.2) is 23.9 Å². The number of hydrogen-bond acceptors (Lipinski definition) is 1. The average molecular weight is 350 g/mol. The van der Waals surface area contributed by atoms with Crippen LogP contribution in [0.15, 0.2) is 30.3 Å². The monoisotopic (exact) mass is 349 g/mol. The molecule has 0 aliphatic heterocycles. The first-order chi connectivity index (χ1) is 11.7. The zero-order chi connectivity index (χ0) is 17.6. The lowest BCUT2D eigenvalue weighted by Gasteiger charge is -2.21. The molecule has 3 heteroatoms. The van der Waals surface area contributed by atoms with Crippen molar-refractivity contribution >= 4 is 23.6 Å².